The molecule has 4 aromatic heterocycles. The minimum Gasteiger partial charge on any atom is -0.493 e. The summed E-state index contributed by atoms with van der Waals surface area (Å²) >= 11 is 0. The number of furan rings is 2. The second-order valence-electron chi connectivity index (χ2n) is 16.4. The number of para-hydroxylation sites is 1. The maximum Gasteiger partial charge on any atom is 0.258 e. The Morgan fingerprint density at radius 2 is 1.07 bits per heavy atom. The quantitative estimate of drug-likeness (QED) is 0.0583. The molecule has 0 unspecified atom stereocenters. The van der Waals surface area contributed by atoms with E-state index in [9.17, 15) is 14.0 Å². The molecule has 0 aliphatic heterocycles. The first-order valence-corrected chi connectivity index (χ1v) is 21.9. The van der Waals surface area contributed by atoms with Crippen molar-refractivity contribution in [3.05, 3.63) is 130 Å². The molecule has 0 bridgehead atoms. The Bertz CT molecular complexity index is 3250. The van der Waals surface area contributed by atoms with Crippen molar-refractivity contribution in [1.29, 1.82) is 0 Å². The van der Waals surface area contributed by atoms with Crippen molar-refractivity contribution >= 4 is 68.7 Å². The minimum atomic E-state index is -0.611. The number of ether oxygens (including phenoxy) is 4. The highest BCUT2D eigenvalue weighted by Crippen LogP contribution is 2.42. The Labute approximate surface area is 408 Å². The number of benzene rings is 4. The number of hydrogen-bond acceptors (Lipinski definition) is 18. The van der Waals surface area contributed by atoms with Gasteiger partial charge in [-0.05, 0) is 59.7 Å². The normalized spacial score (nSPS) is 10.9. The molecule has 0 fully saturated rings. The van der Waals surface area contributed by atoms with Crippen LogP contribution in [-0.2, 0) is 25.9 Å². The number of fused-ring (bicyclic) bond motifs is 2. The minimum absolute atomic E-state index is 0.0441. The molecule has 2 amide bonds. The van der Waals surface area contributed by atoms with Crippen molar-refractivity contribution in [3.63, 3.8) is 0 Å². The number of hydrogen-bond donors (Lipinski definition) is 6. The van der Waals surface area contributed by atoms with E-state index in [1.54, 1.807) is 66.9 Å². The lowest BCUT2D eigenvalue weighted by Crippen LogP contribution is -2.24. The van der Waals surface area contributed by atoms with Crippen molar-refractivity contribution in [3.8, 4) is 23.0 Å². The number of nitrogens with zero attached hydrogens (tertiary/aromatic N) is 6. The van der Waals surface area contributed by atoms with Crippen LogP contribution in [0.3, 0.4) is 0 Å². The monoisotopic (exact) mass is 970 g/mol. The summed E-state index contributed by atoms with van der Waals surface area (Å²) in [5.74, 6) is 2.77. The van der Waals surface area contributed by atoms with Crippen molar-refractivity contribution < 1.29 is 41.8 Å². The molecule has 8 aromatic rings. The summed E-state index contributed by atoms with van der Waals surface area (Å²) in [5, 5.41) is 8.03. The lowest BCUT2D eigenvalue weighted by Gasteiger charge is -2.15. The second kappa shape index (κ2) is 21.5. The first kappa shape index (κ1) is 49.9. The van der Waals surface area contributed by atoms with E-state index in [2.05, 4.69) is 30.6 Å². The smallest absolute Gasteiger partial charge is 0.258 e. The van der Waals surface area contributed by atoms with Crippen LogP contribution in [0.25, 0.3) is 21.9 Å². The second-order valence-corrected chi connectivity index (χ2v) is 16.4. The number of nitrogens with two attached hydrogens (primary N) is 4. The number of carbonyl (C=O) groups excluding carboxylic acids is 2. The number of methoxy groups -OCH3 is 4. The molecule has 0 saturated heterocycles. The predicted molar refractivity (Wildman–Crippen MR) is 269 cm³/mol. The van der Waals surface area contributed by atoms with E-state index in [1.807, 2.05) is 42.5 Å². The van der Waals surface area contributed by atoms with Gasteiger partial charge in [0.2, 0.25) is 23.4 Å². The van der Waals surface area contributed by atoms with Gasteiger partial charge in [0.05, 0.1) is 58.3 Å². The standard InChI is InChI=1S/C25H27FN6O4.C25H28N6O4/c1-32(2)24(33)20-17(26)6-5-7-18(20)29-12-15-10-16-13(8-14-11-30-25(28)31-23(14)27)9-19(34-3)22(35-4)21(16)36-15;1-31(2)24(32)17-7-5-6-8-19(17)28-13-16-11-18-14(9-15-12-29-25(27)30-23(15)26)10-20(33-3)22(34-4)21(18)35-16/h5-7,9-11,29H,8,12H2,1-4H3,(H4,27,28,30,31);5-8,10-12,28H,9,13H2,1-4H3,(H4,26,27,29,30). The van der Waals surface area contributed by atoms with E-state index >= 15 is 0 Å². The molecule has 10 N–H and O–H groups in total. The summed E-state index contributed by atoms with van der Waals surface area (Å²) in [6, 6.07) is 19.3. The van der Waals surface area contributed by atoms with Crippen LogP contribution < -0.4 is 52.5 Å². The summed E-state index contributed by atoms with van der Waals surface area (Å²) in [7, 11) is 12.8. The van der Waals surface area contributed by atoms with Crippen LogP contribution in [0.4, 0.5) is 39.3 Å². The first-order chi connectivity index (χ1) is 34.0. The highest BCUT2D eigenvalue weighted by Gasteiger charge is 2.23. The highest BCUT2D eigenvalue weighted by molar-refractivity contribution is 6.00. The van der Waals surface area contributed by atoms with Crippen LogP contribution in [-0.4, -0.2) is 98.2 Å². The molecule has 71 heavy (non-hydrogen) atoms. The van der Waals surface area contributed by atoms with Gasteiger partial charge in [0.15, 0.2) is 22.7 Å². The van der Waals surface area contributed by atoms with Gasteiger partial charge in [-0.25, -0.2) is 14.4 Å². The Balaban J connectivity index is 0.000000209. The molecule has 0 radical (unpaired) electrons. The number of anilines is 6. The average molecular weight is 971 g/mol. The number of halogens is 1. The van der Waals surface area contributed by atoms with Crippen LogP contribution in [0.2, 0.25) is 0 Å². The molecular formula is C50H55FN12O8. The molecule has 4 aromatic carbocycles. The number of nitrogen functional groups attached to an aromatic ring is 4. The number of carbonyl (C=O) groups is 2. The Morgan fingerprint density at radius 1 is 0.606 bits per heavy atom. The maximum absolute atomic E-state index is 14.5. The van der Waals surface area contributed by atoms with Gasteiger partial charge in [-0.1, -0.05) is 18.2 Å². The molecule has 0 aliphatic carbocycles. The van der Waals surface area contributed by atoms with E-state index < -0.39 is 11.7 Å². The van der Waals surface area contributed by atoms with Crippen LogP contribution >= 0.6 is 0 Å². The predicted octanol–water partition coefficient (Wildman–Crippen LogP) is 6.76. The third kappa shape index (κ3) is 10.8. The number of nitrogens with one attached hydrogen (secondary N) is 2. The fraction of sp³-hybridized carbons (Fsp3) is 0.240. The van der Waals surface area contributed by atoms with Gasteiger partial charge in [-0.2, -0.15) is 9.97 Å². The van der Waals surface area contributed by atoms with Gasteiger partial charge in [0.1, 0.15) is 29.0 Å². The van der Waals surface area contributed by atoms with E-state index in [0.29, 0.717) is 93.4 Å². The van der Waals surface area contributed by atoms with Crippen molar-refractivity contribution in [2.75, 3.05) is 90.2 Å². The zero-order chi connectivity index (χ0) is 51.1. The third-order valence-electron chi connectivity index (χ3n) is 11.3. The van der Waals surface area contributed by atoms with Crippen molar-refractivity contribution in [2.24, 2.45) is 0 Å². The van der Waals surface area contributed by atoms with Crippen LogP contribution in [0.5, 0.6) is 23.0 Å². The largest absolute Gasteiger partial charge is 0.493 e. The van der Waals surface area contributed by atoms with Gasteiger partial charge >= 0.3 is 0 Å². The van der Waals surface area contributed by atoms with E-state index in [0.717, 1.165) is 27.5 Å². The molecule has 0 saturated carbocycles. The fourth-order valence-corrected chi connectivity index (χ4v) is 7.78. The molecule has 0 atom stereocenters. The lowest BCUT2D eigenvalue weighted by atomic mass is 10.0. The Kier molecular flexibility index (Phi) is 15.1. The summed E-state index contributed by atoms with van der Waals surface area (Å²) in [6.07, 6.45) is 4.02. The number of rotatable bonds is 16. The molecular weight excluding hydrogens is 916 g/mol. The number of aromatic nitrogens is 4. The fourth-order valence-electron chi connectivity index (χ4n) is 7.78. The van der Waals surface area contributed by atoms with E-state index in [4.69, 9.17) is 50.7 Å². The SMILES string of the molecule is COc1cc(Cc2cnc(N)nc2N)c2cc(CNc3cccc(F)c3C(=O)N(C)C)oc2c1OC.COc1cc(Cc2cnc(N)nc2N)c2cc(CNc3ccccc3C(=O)N(C)C)oc2c1OC. The summed E-state index contributed by atoms with van der Waals surface area (Å²) in [6.45, 7) is 0.536. The van der Waals surface area contributed by atoms with Crippen molar-refractivity contribution in [2.45, 2.75) is 25.9 Å². The van der Waals surface area contributed by atoms with Gasteiger partial charge in [0, 0.05) is 81.0 Å². The molecule has 0 spiro atoms. The van der Waals surface area contributed by atoms with E-state index in [-0.39, 0.29) is 35.7 Å². The van der Waals surface area contributed by atoms with E-state index in [1.165, 1.54) is 36.2 Å². The van der Waals surface area contributed by atoms with Gasteiger partial charge in [-0.3, -0.25) is 9.59 Å². The van der Waals surface area contributed by atoms with Crippen LogP contribution in [0, 0.1) is 5.82 Å². The lowest BCUT2D eigenvalue weighted by molar-refractivity contribution is 0.0818. The molecule has 20 nitrogen and oxygen atoms in total. The van der Waals surface area contributed by atoms with Gasteiger partial charge in [0.25, 0.3) is 11.8 Å². The summed E-state index contributed by atoms with van der Waals surface area (Å²) < 4.78 is 49.0. The zero-order valence-electron chi connectivity index (χ0n) is 40.5. The average Bonchev–Trinajstić information content (AvgIpc) is 3.99. The topological polar surface area (TPSA) is 284 Å². The summed E-state index contributed by atoms with van der Waals surface area (Å²) in [4.78, 5) is 44.1. The molecule has 370 valence electrons. The molecule has 21 heteroatoms. The Morgan fingerprint density at radius 3 is 1.52 bits per heavy atom. The zero-order valence-corrected chi connectivity index (χ0v) is 40.5. The summed E-state index contributed by atoms with van der Waals surface area (Å²) in [5.41, 5.74) is 29.1. The molecule has 4 heterocycles. The Hall–Kier alpha value is -9.01. The third-order valence-corrected chi connectivity index (χ3v) is 11.3. The molecule has 0 aliphatic rings. The van der Waals surface area contributed by atoms with Gasteiger partial charge in [-0.15, -0.1) is 0 Å². The van der Waals surface area contributed by atoms with Crippen LogP contribution in [0.15, 0.2) is 88.0 Å². The molecule has 8 rings (SSSR count). The van der Waals surface area contributed by atoms with Gasteiger partial charge < -0.3 is 71.1 Å². The first-order valence-electron chi connectivity index (χ1n) is 21.9. The number of amides is 2. The highest BCUT2D eigenvalue weighted by atomic mass is 19.1. The van der Waals surface area contributed by atoms with Crippen molar-refractivity contribution in [1.82, 2.24) is 29.7 Å². The maximum atomic E-state index is 14.5. The van der Waals surface area contributed by atoms with Crippen LogP contribution in [0.1, 0.15) is 54.5 Å².